The Morgan fingerprint density at radius 1 is 0.667 bits per heavy atom. The van der Waals surface area contributed by atoms with E-state index < -0.39 is 32.0 Å². The van der Waals surface area contributed by atoms with Crippen molar-refractivity contribution in [2.24, 2.45) is 0 Å². The van der Waals surface area contributed by atoms with E-state index in [1.165, 1.54) is 32.9 Å². The van der Waals surface area contributed by atoms with E-state index in [1.54, 1.807) is 41.3 Å². The molecule has 36 heavy (non-hydrogen) atoms. The molecule has 1 fully saturated rings. The normalized spacial score (nSPS) is 19.6. The standard InChI is InChI=1S/C26H27N3O5S2/c30-26(27-16-15-21-9-7-8-10-22(21)19-27)25-20-28(35(31,32)23-11-3-1-4-12-23)17-18-29(25)36(33,34)24-13-5-2-6-14-24/h1-14,25H,15-20H2/t25-/m0/s1. The van der Waals surface area contributed by atoms with E-state index in [0.29, 0.717) is 19.5 Å². The Balaban J connectivity index is 1.49. The van der Waals surface area contributed by atoms with E-state index in [0.717, 1.165) is 11.1 Å². The van der Waals surface area contributed by atoms with Gasteiger partial charge in [0.05, 0.1) is 9.79 Å². The Kier molecular flexibility index (Phi) is 6.69. The van der Waals surface area contributed by atoms with Crippen molar-refractivity contribution in [3.05, 3.63) is 96.1 Å². The number of rotatable bonds is 5. The Morgan fingerprint density at radius 2 is 1.22 bits per heavy atom. The second kappa shape index (κ2) is 9.78. The zero-order valence-corrected chi connectivity index (χ0v) is 21.2. The predicted octanol–water partition coefficient (Wildman–Crippen LogP) is 2.34. The molecule has 0 N–H and O–H groups in total. The molecule has 2 aliphatic heterocycles. The van der Waals surface area contributed by atoms with Gasteiger partial charge in [0.1, 0.15) is 6.04 Å². The average molecular weight is 526 g/mol. The maximum Gasteiger partial charge on any atom is 0.243 e. The van der Waals surface area contributed by atoms with E-state index in [4.69, 9.17) is 0 Å². The van der Waals surface area contributed by atoms with E-state index in [1.807, 2.05) is 24.3 Å². The van der Waals surface area contributed by atoms with Crippen LogP contribution in [-0.4, -0.2) is 68.5 Å². The first kappa shape index (κ1) is 24.6. The van der Waals surface area contributed by atoms with Gasteiger partial charge in [0.25, 0.3) is 0 Å². The number of hydrogen-bond acceptors (Lipinski definition) is 5. The number of sulfonamides is 2. The minimum absolute atomic E-state index is 0.0457. The quantitative estimate of drug-likeness (QED) is 0.510. The highest BCUT2D eigenvalue weighted by molar-refractivity contribution is 7.89. The van der Waals surface area contributed by atoms with E-state index >= 15 is 0 Å². The van der Waals surface area contributed by atoms with Gasteiger partial charge in [-0.2, -0.15) is 8.61 Å². The first-order valence-electron chi connectivity index (χ1n) is 11.8. The lowest BCUT2D eigenvalue weighted by Gasteiger charge is -2.41. The fourth-order valence-corrected chi connectivity index (χ4v) is 7.86. The van der Waals surface area contributed by atoms with Gasteiger partial charge in [-0.25, -0.2) is 16.8 Å². The summed E-state index contributed by atoms with van der Waals surface area (Å²) in [6.45, 7) is 0.382. The molecular formula is C26H27N3O5S2. The zero-order valence-electron chi connectivity index (χ0n) is 19.6. The zero-order chi connectivity index (χ0) is 25.3. The van der Waals surface area contributed by atoms with Crippen LogP contribution in [0, 0.1) is 0 Å². The monoisotopic (exact) mass is 525 g/mol. The van der Waals surface area contributed by atoms with Gasteiger partial charge in [0.2, 0.25) is 26.0 Å². The molecule has 2 aliphatic rings. The highest BCUT2D eigenvalue weighted by Crippen LogP contribution is 2.28. The van der Waals surface area contributed by atoms with Gasteiger partial charge in [-0.15, -0.1) is 0 Å². The highest BCUT2D eigenvalue weighted by Gasteiger charge is 2.45. The molecular weight excluding hydrogens is 498 g/mol. The Hall–Kier alpha value is -3.05. The summed E-state index contributed by atoms with van der Waals surface area (Å²) in [5.41, 5.74) is 2.17. The molecule has 0 spiro atoms. The second-order valence-corrected chi connectivity index (χ2v) is 12.7. The predicted molar refractivity (Wildman–Crippen MR) is 135 cm³/mol. The minimum Gasteiger partial charge on any atom is -0.337 e. The van der Waals surface area contributed by atoms with Crippen LogP contribution in [0.15, 0.2) is 94.7 Å². The summed E-state index contributed by atoms with van der Waals surface area (Å²) in [5.74, 6) is -0.392. The smallest absolute Gasteiger partial charge is 0.243 e. The lowest BCUT2D eigenvalue weighted by molar-refractivity contribution is -0.137. The maximum absolute atomic E-state index is 13.9. The van der Waals surface area contributed by atoms with Crippen molar-refractivity contribution in [3.8, 4) is 0 Å². The van der Waals surface area contributed by atoms with Crippen molar-refractivity contribution in [2.45, 2.75) is 28.8 Å². The van der Waals surface area contributed by atoms with Crippen LogP contribution >= 0.6 is 0 Å². The molecule has 0 radical (unpaired) electrons. The molecule has 1 saturated heterocycles. The Bertz CT molecular complexity index is 1460. The van der Waals surface area contributed by atoms with Crippen LogP contribution in [0.5, 0.6) is 0 Å². The molecule has 1 amide bonds. The SMILES string of the molecule is O=C([C@@H]1CN(S(=O)(=O)c2ccccc2)CCN1S(=O)(=O)c1ccccc1)N1CCc2ccccc2C1. The van der Waals surface area contributed by atoms with Gasteiger partial charge < -0.3 is 4.90 Å². The summed E-state index contributed by atoms with van der Waals surface area (Å²) >= 11 is 0. The van der Waals surface area contributed by atoms with Crippen molar-refractivity contribution in [1.29, 1.82) is 0 Å². The number of carbonyl (C=O) groups is 1. The Labute approximate surface area is 211 Å². The van der Waals surface area contributed by atoms with Crippen molar-refractivity contribution in [3.63, 3.8) is 0 Å². The molecule has 0 saturated carbocycles. The molecule has 0 aromatic heterocycles. The maximum atomic E-state index is 13.9. The summed E-state index contributed by atoms with van der Waals surface area (Å²) < 4.78 is 56.3. The number of amides is 1. The molecule has 0 bridgehead atoms. The van der Waals surface area contributed by atoms with Crippen molar-refractivity contribution >= 4 is 26.0 Å². The average Bonchev–Trinajstić information content (AvgIpc) is 2.93. The number of fused-ring (bicyclic) bond motifs is 1. The molecule has 8 nitrogen and oxygen atoms in total. The number of hydrogen-bond donors (Lipinski definition) is 0. The van der Waals surface area contributed by atoms with Gasteiger partial charge in [-0.1, -0.05) is 60.7 Å². The van der Waals surface area contributed by atoms with Crippen molar-refractivity contribution in [1.82, 2.24) is 13.5 Å². The molecule has 2 heterocycles. The van der Waals surface area contributed by atoms with E-state index in [9.17, 15) is 21.6 Å². The Morgan fingerprint density at radius 3 is 1.86 bits per heavy atom. The van der Waals surface area contributed by atoms with Gasteiger partial charge in [-0.3, -0.25) is 4.79 Å². The lowest BCUT2D eigenvalue weighted by atomic mass is 9.99. The number of nitrogens with zero attached hydrogens (tertiary/aromatic N) is 3. The molecule has 3 aromatic carbocycles. The second-order valence-electron chi connectivity index (χ2n) is 8.90. The topological polar surface area (TPSA) is 95.1 Å². The van der Waals surface area contributed by atoms with Crippen LogP contribution in [0.3, 0.4) is 0 Å². The summed E-state index contributed by atoms with van der Waals surface area (Å²) in [6.07, 6.45) is 0.659. The molecule has 5 rings (SSSR count). The third-order valence-corrected chi connectivity index (χ3v) is 10.6. The molecule has 3 aromatic rings. The van der Waals surface area contributed by atoms with Crippen molar-refractivity contribution < 1.29 is 21.6 Å². The number of carbonyl (C=O) groups excluding carboxylic acids is 1. The van der Waals surface area contributed by atoms with Crippen LogP contribution in [-0.2, 0) is 37.8 Å². The fourth-order valence-electron chi connectivity index (χ4n) is 4.81. The molecule has 0 unspecified atom stereocenters. The first-order valence-corrected chi connectivity index (χ1v) is 14.6. The molecule has 1 atom stereocenters. The molecule has 0 aliphatic carbocycles. The van der Waals surface area contributed by atoms with Crippen LogP contribution in [0.1, 0.15) is 11.1 Å². The summed E-state index contributed by atoms with van der Waals surface area (Å²) in [5, 5.41) is 0. The lowest BCUT2D eigenvalue weighted by Crippen LogP contribution is -2.62. The van der Waals surface area contributed by atoms with Crippen LogP contribution in [0.4, 0.5) is 0 Å². The van der Waals surface area contributed by atoms with Crippen LogP contribution in [0.2, 0.25) is 0 Å². The van der Waals surface area contributed by atoms with Crippen molar-refractivity contribution in [2.75, 3.05) is 26.2 Å². The first-order chi connectivity index (χ1) is 17.3. The van der Waals surface area contributed by atoms with Crippen LogP contribution in [0.25, 0.3) is 0 Å². The summed E-state index contributed by atoms with van der Waals surface area (Å²) in [7, 11) is -7.92. The van der Waals surface area contributed by atoms with Gasteiger partial charge in [-0.05, 0) is 41.8 Å². The largest absolute Gasteiger partial charge is 0.337 e. The van der Waals surface area contributed by atoms with E-state index in [-0.39, 0.29) is 29.4 Å². The minimum atomic E-state index is -4.02. The van der Waals surface area contributed by atoms with E-state index in [2.05, 4.69) is 0 Å². The summed E-state index contributed by atoms with van der Waals surface area (Å²) in [4.78, 5) is 15.7. The molecule has 188 valence electrons. The third-order valence-electron chi connectivity index (χ3n) is 6.75. The highest BCUT2D eigenvalue weighted by atomic mass is 32.2. The van der Waals surface area contributed by atoms with Gasteiger partial charge in [0, 0.05) is 32.7 Å². The number of benzene rings is 3. The number of piperazine rings is 1. The van der Waals surface area contributed by atoms with Crippen LogP contribution < -0.4 is 0 Å². The van der Waals surface area contributed by atoms with Gasteiger partial charge in [0.15, 0.2) is 0 Å². The third kappa shape index (κ3) is 4.57. The van der Waals surface area contributed by atoms with Gasteiger partial charge >= 0.3 is 0 Å². The fraction of sp³-hybridized carbons (Fsp3) is 0.269. The molecule has 10 heteroatoms. The summed E-state index contributed by atoms with van der Waals surface area (Å²) in [6, 6.07) is 22.6.